The zero-order valence-electron chi connectivity index (χ0n) is 22.7. The Morgan fingerprint density at radius 2 is 1.81 bits per heavy atom. The van der Waals surface area contributed by atoms with Crippen LogP contribution in [0, 0.1) is 25.7 Å². The molecule has 8 heteroatoms. The number of allylic oxidation sites excluding steroid dienone is 2. The summed E-state index contributed by atoms with van der Waals surface area (Å²) in [5.74, 6) is -0.00835. The first-order chi connectivity index (χ1) is 17.7. The lowest BCUT2D eigenvalue weighted by atomic mass is 9.83. The number of amides is 2. The van der Waals surface area contributed by atoms with Gasteiger partial charge in [-0.2, -0.15) is 0 Å². The molecule has 2 fully saturated rings. The summed E-state index contributed by atoms with van der Waals surface area (Å²) < 4.78 is 0. The number of likely N-dealkylation sites (tertiary alicyclic amines) is 1. The van der Waals surface area contributed by atoms with E-state index < -0.39 is 0 Å². The molecule has 3 aliphatic rings. The quantitative estimate of drug-likeness (QED) is 0.544. The fourth-order valence-corrected chi connectivity index (χ4v) is 6.56. The first-order valence-corrected chi connectivity index (χ1v) is 14.2. The minimum absolute atomic E-state index is 0.114. The molecule has 2 amide bonds. The van der Waals surface area contributed by atoms with Crippen molar-refractivity contribution in [2.24, 2.45) is 11.8 Å². The van der Waals surface area contributed by atoms with Crippen LogP contribution in [0.3, 0.4) is 0 Å². The highest BCUT2D eigenvalue weighted by Crippen LogP contribution is 2.37. The predicted molar refractivity (Wildman–Crippen MR) is 147 cm³/mol. The molecule has 202 valence electrons. The molecule has 2 N–H and O–H groups in total. The summed E-state index contributed by atoms with van der Waals surface area (Å²) in [5, 5.41) is 3.65. The van der Waals surface area contributed by atoms with Crippen molar-refractivity contribution in [2.75, 3.05) is 19.6 Å². The molecule has 4 rings (SSSR count). The molecule has 0 bridgehead atoms. The van der Waals surface area contributed by atoms with Crippen molar-refractivity contribution in [1.82, 2.24) is 20.1 Å². The lowest BCUT2D eigenvalue weighted by Gasteiger charge is -2.41. The first kappa shape index (κ1) is 27.5. The van der Waals surface area contributed by atoms with Gasteiger partial charge in [-0.3, -0.25) is 14.4 Å². The highest BCUT2D eigenvalue weighted by molar-refractivity contribution is 6.30. The molecule has 0 spiro atoms. The maximum atomic E-state index is 13.3. The van der Waals surface area contributed by atoms with Crippen molar-refractivity contribution in [2.45, 2.75) is 85.2 Å². The minimum atomic E-state index is -0.375. The number of aromatic amines is 1. The molecule has 0 radical (unpaired) electrons. The Balaban J connectivity index is 1.44. The highest BCUT2D eigenvalue weighted by Gasteiger charge is 2.35. The largest absolute Gasteiger partial charge is 0.369 e. The van der Waals surface area contributed by atoms with Crippen molar-refractivity contribution in [3.8, 4) is 0 Å². The number of pyridine rings is 1. The third kappa shape index (κ3) is 6.14. The topological polar surface area (TPSA) is 85.5 Å². The maximum absolute atomic E-state index is 13.3. The Hall–Kier alpha value is -2.54. The summed E-state index contributed by atoms with van der Waals surface area (Å²) in [6, 6.07) is 2.24. The average Bonchev–Trinajstić information content (AvgIpc) is 3.40. The van der Waals surface area contributed by atoms with Crippen molar-refractivity contribution < 1.29 is 9.59 Å². The normalized spacial score (nSPS) is 24.2. The van der Waals surface area contributed by atoms with Crippen LogP contribution in [0.5, 0.6) is 0 Å². The SMILES string of the molecule is CCN(C1=C(C)C(C(=O)NCc2c(C)cc(C)[nH]c2=O)CC(Cl)=C1)[C@H]1CC[C@H](C(=O)N2CCCC2)CC1. The van der Waals surface area contributed by atoms with Gasteiger partial charge in [0.25, 0.3) is 5.56 Å². The fourth-order valence-electron chi connectivity index (χ4n) is 6.30. The summed E-state index contributed by atoms with van der Waals surface area (Å²) in [6.07, 6.45) is 8.48. The third-order valence-electron chi connectivity index (χ3n) is 8.42. The number of hydrogen-bond donors (Lipinski definition) is 2. The summed E-state index contributed by atoms with van der Waals surface area (Å²) in [4.78, 5) is 45.8. The predicted octanol–water partition coefficient (Wildman–Crippen LogP) is 4.53. The van der Waals surface area contributed by atoms with E-state index in [1.165, 1.54) is 0 Å². The Morgan fingerprint density at radius 3 is 2.43 bits per heavy atom. The van der Waals surface area contributed by atoms with Crippen LogP contribution in [-0.4, -0.2) is 52.3 Å². The number of carbonyl (C=O) groups is 2. The van der Waals surface area contributed by atoms with Gasteiger partial charge in [-0.1, -0.05) is 11.6 Å². The number of halogens is 1. The standard InChI is InChI=1S/C29H41ClN4O3/c1-5-34(23-10-8-21(9-11-23)29(37)33-12-6-7-13-33)26-16-22(30)15-24(20(26)4)27(35)31-17-25-18(2)14-19(3)32-28(25)36/h14,16,21,23-24H,5-13,15,17H2,1-4H3,(H,31,35)(H,32,36)/t21-,23-,24?. The van der Waals surface area contributed by atoms with E-state index in [0.717, 1.165) is 80.7 Å². The Kier molecular flexibility index (Phi) is 8.83. The second-order valence-electron chi connectivity index (χ2n) is 10.9. The summed E-state index contributed by atoms with van der Waals surface area (Å²) in [5.41, 5.74) is 4.12. The van der Waals surface area contributed by atoms with Gasteiger partial charge in [-0.05, 0) is 95.9 Å². The number of carbonyl (C=O) groups excluding carboxylic acids is 2. The van der Waals surface area contributed by atoms with Crippen LogP contribution in [0.25, 0.3) is 0 Å². The van der Waals surface area contributed by atoms with E-state index in [9.17, 15) is 14.4 Å². The molecule has 1 atom stereocenters. The molecule has 1 aromatic rings. The van der Waals surface area contributed by atoms with E-state index in [-0.39, 0.29) is 29.8 Å². The van der Waals surface area contributed by atoms with E-state index >= 15 is 0 Å². The van der Waals surface area contributed by atoms with Crippen LogP contribution < -0.4 is 10.9 Å². The van der Waals surface area contributed by atoms with Crippen LogP contribution in [0.4, 0.5) is 0 Å². The van der Waals surface area contributed by atoms with Crippen LogP contribution in [0.1, 0.15) is 75.6 Å². The molecule has 2 aliphatic carbocycles. The molecule has 0 aromatic carbocycles. The van der Waals surface area contributed by atoms with Gasteiger partial charge in [-0.15, -0.1) is 0 Å². The van der Waals surface area contributed by atoms with Gasteiger partial charge >= 0.3 is 0 Å². The third-order valence-corrected chi connectivity index (χ3v) is 8.69. The fraction of sp³-hybridized carbons (Fsp3) is 0.621. The van der Waals surface area contributed by atoms with Gasteiger partial charge in [0, 0.05) is 60.1 Å². The highest BCUT2D eigenvalue weighted by atomic mass is 35.5. The number of aromatic nitrogens is 1. The molecule has 1 aliphatic heterocycles. The second-order valence-corrected chi connectivity index (χ2v) is 11.4. The minimum Gasteiger partial charge on any atom is -0.369 e. The number of nitrogens with zero attached hydrogens (tertiary/aromatic N) is 2. The van der Waals surface area contributed by atoms with Crippen LogP contribution in [-0.2, 0) is 16.1 Å². The number of rotatable bonds is 7. The average molecular weight is 529 g/mol. The summed E-state index contributed by atoms with van der Waals surface area (Å²) in [7, 11) is 0. The zero-order valence-corrected chi connectivity index (χ0v) is 23.4. The van der Waals surface area contributed by atoms with E-state index in [0.29, 0.717) is 29.0 Å². The molecule has 1 unspecified atom stereocenters. The number of nitrogens with one attached hydrogen (secondary N) is 2. The van der Waals surface area contributed by atoms with Crippen molar-refractivity contribution >= 4 is 23.4 Å². The van der Waals surface area contributed by atoms with E-state index in [4.69, 9.17) is 11.6 Å². The summed E-state index contributed by atoms with van der Waals surface area (Å²) in [6.45, 7) is 10.7. The van der Waals surface area contributed by atoms with Gasteiger partial charge in [-0.25, -0.2) is 0 Å². The molecule has 1 saturated carbocycles. The van der Waals surface area contributed by atoms with Crippen LogP contribution in [0.15, 0.2) is 33.2 Å². The Bertz CT molecular complexity index is 1140. The monoisotopic (exact) mass is 528 g/mol. The van der Waals surface area contributed by atoms with E-state index in [1.54, 1.807) is 0 Å². The van der Waals surface area contributed by atoms with Gasteiger partial charge in [0.15, 0.2) is 0 Å². The van der Waals surface area contributed by atoms with Crippen LogP contribution >= 0.6 is 11.6 Å². The maximum Gasteiger partial charge on any atom is 0.253 e. The van der Waals surface area contributed by atoms with Gasteiger partial charge in [0.1, 0.15) is 0 Å². The smallest absolute Gasteiger partial charge is 0.253 e. The molecule has 1 aromatic heterocycles. The Morgan fingerprint density at radius 1 is 1.14 bits per heavy atom. The number of hydrogen-bond acceptors (Lipinski definition) is 4. The van der Waals surface area contributed by atoms with Gasteiger partial charge < -0.3 is 20.1 Å². The number of aryl methyl sites for hydroxylation is 2. The Labute approximate surface area is 225 Å². The zero-order chi connectivity index (χ0) is 26.7. The van der Waals surface area contributed by atoms with Crippen molar-refractivity contribution in [3.05, 3.63) is 55.6 Å². The first-order valence-electron chi connectivity index (χ1n) is 13.8. The molecule has 2 heterocycles. The molecular formula is C29H41ClN4O3. The second kappa shape index (κ2) is 11.9. The van der Waals surface area contributed by atoms with Gasteiger partial charge in [0.2, 0.25) is 11.8 Å². The molecular weight excluding hydrogens is 488 g/mol. The lowest BCUT2D eigenvalue weighted by Crippen LogP contribution is -2.42. The van der Waals surface area contributed by atoms with E-state index in [2.05, 4.69) is 22.1 Å². The van der Waals surface area contributed by atoms with Crippen LogP contribution in [0.2, 0.25) is 0 Å². The molecule has 7 nitrogen and oxygen atoms in total. The van der Waals surface area contributed by atoms with Crippen molar-refractivity contribution in [3.63, 3.8) is 0 Å². The molecule has 37 heavy (non-hydrogen) atoms. The van der Waals surface area contributed by atoms with Crippen molar-refractivity contribution in [1.29, 1.82) is 0 Å². The number of H-pyrrole nitrogens is 1. The van der Waals surface area contributed by atoms with E-state index in [1.807, 2.05) is 37.8 Å². The lowest BCUT2D eigenvalue weighted by molar-refractivity contribution is -0.135. The summed E-state index contributed by atoms with van der Waals surface area (Å²) >= 11 is 6.59. The number of likely N-dealkylation sites (N-methyl/N-ethyl adjacent to an activating group) is 1. The molecule has 1 saturated heterocycles. The van der Waals surface area contributed by atoms with Gasteiger partial charge in [0.05, 0.1) is 5.92 Å².